The Morgan fingerprint density at radius 2 is 2.05 bits per heavy atom. The molecule has 0 saturated carbocycles. The molecule has 1 aromatic heterocycles. The van der Waals surface area contributed by atoms with Gasteiger partial charge in [-0.25, -0.2) is 4.98 Å². The first-order valence-electron chi connectivity index (χ1n) is 6.63. The van der Waals surface area contributed by atoms with E-state index < -0.39 is 0 Å². The summed E-state index contributed by atoms with van der Waals surface area (Å²) in [7, 11) is 1.71. The van der Waals surface area contributed by atoms with Crippen LogP contribution < -0.4 is 4.90 Å². The van der Waals surface area contributed by atoms with E-state index >= 15 is 0 Å². The molecule has 5 heteroatoms. The van der Waals surface area contributed by atoms with E-state index in [1.807, 2.05) is 6.07 Å². The molecule has 1 rings (SSSR count). The number of methoxy groups -OCH3 is 1. The van der Waals surface area contributed by atoms with E-state index in [1.165, 1.54) is 0 Å². The average Bonchev–Trinajstić information content (AvgIpc) is 2.44. The Bertz CT molecular complexity index is 384. The van der Waals surface area contributed by atoms with Gasteiger partial charge in [-0.05, 0) is 24.5 Å². The van der Waals surface area contributed by atoms with Crippen molar-refractivity contribution in [3.8, 4) is 0 Å². The van der Waals surface area contributed by atoms with Crippen LogP contribution in [0.5, 0.6) is 0 Å². The Balaban J connectivity index is 3.01. The van der Waals surface area contributed by atoms with Crippen molar-refractivity contribution < 1.29 is 4.74 Å². The maximum absolute atomic E-state index is 6.34. The summed E-state index contributed by atoms with van der Waals surface area (Å²) in [4.78, 5) is 6.70. The Kier molecular flexibility index (Phi) is 7.51. The molecule has 0 fully saturated rings. The van der Waals surface area contributed by atoms with Crippen LogP contribution in [0.15, 0.2) is 12.3 Å². The molecule has 3 nitrogen and oxygen atoms in total. The number of anilines is 1. The molecule has 0 aromatic carbocycles. The molecule has 0 radical (unpaired) electrons. The van der Waals surface area contributed by atoms with Crippen molar-refractivity contribution in [2.45, 2.75) is 38.6 Å². The highest BCUT2D eigenvalue weighted by Crippen LogP contribution is 2.27. The van der Waals surface area contributed by atoms with Crippen LogP contribution in [0.4, 0.5) is 5.82 Å². The zero-order chi connectivity index (χ0) is 14.3. The minimum atomic E-state index is 0.419. The predicted octanol–water partition coefficient (Wildman–Crippen LogP) is 4.12. The lowest BCUT2D eigenvalue weighted by molar-refractivity contribution is 0.202. The van der Waals surface area contributed by atoms with Gasteiger partial charge < -0.3 is 9.64 Å². The van der Waals surface area contributed by atoms with Gasteiger partial charge in [-0.1, -0.05) is 25.4 Å². The van der Waals surface area contributed by atoms with Gasteiger partial charge in [-0.2, -0.15) is 0 Å². The predicted molar refractivity (Wildman–Crippen MR) is 82.4 cm³/mol. The molecule has 0 bridgehead atoms. The van der Waals surface area contributed by atoms with Gasteiger partial charge in [0.25, 0.3) is 0 Å². The molecular weight excluding hydrogens is 283 g/mol. The summed E-state index contributed by atoms with van der Waals surface area (Å²) in [5, 5.41) is 0.654. The lowest BCUT2D eigenvalue weighted by Crippen LogP contribution is -2.38. The minimum absolute atomic E-state index is 0.419. The molecule has 19 heavy (non-hydrogen) atoms. The Morgan fingerprint density at radius 1 is 1.37 bits per heavy atom. The van der Waals surface area contributed by atoms with Gasteiger partial charge in [0.1, 0.15) is 5.82 Å². The maximum atomic E-state index is 6.34. The highest BCUT2D eigenvalue weighted by molar-refractivity contribution is 6.33. The molecular formula is C14H22Cl2N2O. The highest BCUT2D eigenvalue weighted by atomic mass is 35.5. The zero-order valence-corrected chi connectivity index (χ0v) is 13.3. The molecule has 0 atom stereocenters. The van der Waals surface area contributed by atoms with Crippen molar-refractivity contribution in [1.29, 1.82) is 0 Å². The largest absolute Gasteiger partial charge is 0.383 e. The molecule has 0 unspecified atom stereocenters. The van der Waals surface area contributed by atoms with Crippen LogP contribution in [0.25, 0.3) is 0 Å². The lowest BCUT2D eigenvalue weighted by Gasteiger charge is -2.32. The fourth-order valence-corrected chi connectivity index (χ4v) is 2.58. The number of aromatic nitrogens is 1. The first kappa shape index (κ1) is 16.5. The fourth-order valence-electron chi connectivity index (χ4n) is 2.14. The van der Waals surface area contributed by atoms with Crippen LogP contribution in [0, 0.1) is 0 Å². The lowest BCUT2D eigenvalue weighted by atomic mass is 10.1. The van der Waals surface area contributed by atoms with E-state index in [2.05, 4.69) is 23.7 Å². The SMILES string of the molecule is CCC(CC)N(CCOC)c1ncc(CCl)cc1Cl. The zero-order valence-electron chi connectivity index (χ0n) is 11.8. The molecule has 0 amide bonds. The average molecular weight is 305 g/mol. The van der Waals surface area contributed by atoms with Gasteiger partial charge >= 0.3 is 0 Å². The summed E-state index contributed by atoms with van der Waals surface area (Å²) in [5.41, 5.74) is 0.937. The van der Waals surface area contributed by atoms with Gasteiger partial charge in [-0.3, -0.25) is 0 Å². The van der Waals surface area contributed by atoms with E-state index in [1.54, 1.807) is 13.3 Å². The molecule has 1 heterocycles. The van der Waals surface area contributed by atoms with Gasteiger partial charge in [0, 0.05) is 31.8 Å². The van der Waals surface area contributed by atoms with Crippen LogP contribution in [0.1, 0.15) is 32.3 Å². The topological polar surface area (TPSA) is 25.4 Å². The number of ether oxygens (including phenoxy) is 1. The molecule has 0 saturated heterocycles. The molecule has 1 aromatic rings. The first-order valence-corrected chi connectivity index (χ1v) is 7.55. The van der Waals surface area contributed by atoms with Crippen LogP contribution in [0.2, 0.25) is 5.02 Å². The van der Waals surface area contributed by atoms with Gasteiger partial charge in [0.15, 0.2) is 0 Å². The Labute approximate surface area is 125 Å². The molecule has 108 valence electrons. The summed E-state index contributed by atoms with van der Waals surface area (Å²) in [5.74, 6) is 1.25. The monoisotopic (exact) mass is 304 g/mol. The van der Waals surface area contributed by atoms with E-state index in [4.69, 9.17) is 27.9 Å². The molecule has 0 aliphatic heterocycles. The summed E-state index contributed by atoms with van der Waals surface area (Å²) >= 11 is 12.1. The van der Waals surface area contributed by atoms with Crippen molar-refractivity contribution in [3.63, 3.8) is 0 Å². The molecule has 0 aliphatic carbocycles. The Hall–Kier alpha value is -0.510. The standard InChI is InChI=1S/C14H22Cl2N2O/c1-4-12(5-2)18(6-7-19-3)14-13(16)8-11(9-15)10-17-14/h8,10,12H,4-7,9H2,1-3H3. The second-order valence-corrected chi connectivity index (χ2v) is 5.11. The van der Waals surface area contributed by atoms with Crippen LogP contribution in [-0.4, -0.2) is 31.3 Å². The molecule has 0 spiro atoms. The van der Waals surface area contributed by atoms with Crippen LogP contribution >= 0.6 is 23.2 Å². The van der Waals surface area contributed by atoms with E-state index in [9.17, 15) is 0 Å². The van der Waals surface area contributed by atoms with E-state index in [0.29, 0.717) is 23.6 Å². The van der Waals surface area contributed by atoms with Crippen molar-refractivity contribution in [2.75, 3.05) is 25.2 Å². The molecule has 0 aliphatic rings. The van der Waals surface area contributed by atoms with Gasteiger partial charge in [0.2, 0.25) is 0 Å². The van der Waals surface area contributed by atoms with Crippen molar-refractivity contribution in [2.24, 2.45) is 0 Å². The van der Waals surface area contributed by atoms with E-state index in [0.717, 1.165) is 30.8 Å². The third-order valence-corrected chi connectivity index (χ3v) is 3.81. The number of alkyl halides is 1. The second-order valence-electron chi connectivity index (χ2n) is 4.44. The Morgan fingerprint density at radius 3 is 2.53 bits per heavy atom. The second kappa shape index (κ2) is 8.62. The van der Waals surface area contributed by atoms with Crippen molar-refractivity contribution in [1.82, 2.24) is 4.98 Å². The van der Waals surface area contributed by atoms with Gasteiger partial charge in [0.05, 0.1) is 11.6 Å². The van der Waals surface area contributed by atoms with Gasteiger partial charge in [-0.15, -0.1) is 11.6 Å². The number of nitrogens with zero attached hydrogens (tertiary/aromatic N) is 2. The summed E-state index contributed by atoms with van der Waals surface area (Å²) in [6.45, 7) is 5.80. The highest BCUT2D eigenvalue weighted by Gasteiger charge is 2.19. The first-order chi connectivity index (χ1) is 9.17. The molecule has 0 N–H and O–H groups in total. The minimum Gasteiger partial charge on any atom is -0.383 e. The van der Waals surface area contributed by atoms with Crippen LogP contribution in [0.3, 0.4) is 0 Å². The summed E-state index contributed by atoms with van der Waals surface area (Å²) < 4.78 is 5.18. The number of hydrogen-bond acceptors (Lipinski definition) is 3. The van der Waals surface area contributed by atoms with E-state index in [-0.39, 0.29) is 0 Å². The summed E-state index contributed by atoms with van der Waals surface area (Å²) in [6.07, 6.45) is 3.89. The number of hydrogen-bond donors (Lipinski definition) is 0. The van der Waals surface area contributed by atoms with Crippen molar-refractivity contribution in [3.05, 3.63) is 22.8 Å². The number of rotatable bonds is 8. The fraction of sp³-hybridized carbons (Fsp3) is 0.643. The summed E-state index contributed by atoms with van der Waals surface area (Å²) in [6, 6.07) is 2.31. The third kappa shape index (κ3) is 4.51. The smallest absolute Gasteiger partial charge is 0.147 e. The number of halogens is 2. The van der Waals surface area contributed by atoms with Crippen molar-refractivity contribution >= 4 is 29.0 Å². The van der Waals surface area contributed by atoms with Crippen LogP contribution in [-0.2, 0) is 10.6 Å². The normalized spacial score (nSPS) is 11.1. The quantitative estimate of drug-likeness (QED) is 0.676. The third-order valence-electron chi connectivity index (χ3n) is 3.22. The maximum Gasteiger partial charge on any atom is 0.147 e. The number of pyridine rings is 1.